The Morgan fingerprint density at radius 1 is 1.47 bits per heavy atom. The van der Waals surface area contributed by atoms with Crippen molar-refractivity contribution in [2.45, 2.75) is 43.9 Å². The number of hydrogen-bond donors (Lipinski definition) is 1. The van der Waals surface area contributed by atoms with E-state index in [1.165, 1.54) is 36.9 Å². The number of nitrogens with one attached hydrogen (secondary N) is 1. The van der Waals surface area contributed by atoms with Crippen LogP contribution in [0.15, 0.2) is 6.20 Å². The Balaban J connectivity index is 1.85. The van der Waals surface area contributed by atoms with E-state index >= 15 is 0 Å². The third kappa shape index (κ3) is 2.86. The van der Waals surface area contributed by atoms with E-state index in [1.54, 1.807) is 0 Å². The summed E-state index contributed by atoms with van der Waals surface area (Å²) in [4.78, 5) is 0. The highest BCUT2D eigenvalue weighted by molar-refractivity contribution is 8.00. The molecule has 0 aromatic carbocycles. The first-order chi connectivity index (χ1) is 8.17. The van der Waals surface area contributed by atoms with Crippen LogP contribution in [-0.4, -0.2) is 27.3 Å². The summed E-state index contributed by atoms with van der Waals surface area (Å²) in [6.45, 7) is 4.20. The summed E-state index contributed by atoms with van der Waals surface area (Å²) in [6, 6.07) is 0. The summed E-state index contributed by atoms with van der Waals surface area (Å²) in [6.07, 6.45) is 9.76. The van der Waals surface area contributed by atoms with Crippen molar-refractivity contribution in [1.29, 1.82) is 0 Å². The zero-order valence-corrected chi connectivity index (χ0v) is 11.9. The van der Waals surface area contributed by atoms with Crippen LogP contribution >= 0.6 is 11.8 Å². The van der Waals surface area contributed by atoms with Crippen LogP contribution in [0.1, 0.15) is 36.9 Å². The first-order valence-corrected chi connectivity index (χ1v) is 7.63. The predicted octanol–water partition coefficient (Wildman–Crippen LogP) is 2.49. The first-order valence-electron chi connectivity index (χ1n) is 6.40. The molecule has 1 aliphatic carbocycles. The summed E-state index contributed by atoms with van der Waals surface area (Å²) in [5.41, 5.74) is 2.59. The minimum Gasteiger partial charge on any atom is -0.311 e. The van der Waals surface area contributed by atoms with Gasteiger partial charge in [0.15, 0.2) is 0 Å². The molecule has 96 valence electrons. The van der Waals surface area contributed by atoms with Gasteiger partial charge in [-0.15, -0.1) is 0 Å². The number of rotatable bonds is 5. The molecule has 1 fully saturated rings. The zero-order chi connectivity index (χ0) is 12.3. The fourth-order valence-electron chi connectivity index (χ4n) is 2.62. The Hall–Kier alpha value is -0.480. The molecule has 0 amide bonds. The molecule has 4 heteroatoms. The number of aromatic nitrogens is 2. The van der Waals surface area contributed by atoms with Crippen LogP contribution in [0.25, 0.3) is 0 Å². The van der Waals surface area contributed by atoms with E-state index in [9.17, 15) is 0 Å². The molecule has 1 aromatic rings. The molecule has 17 heavy (non-hydrogen) atoms. The van der Waals surface area contributed by atoms with E-state index in [0.717, 1.165) is 13.1 Å². The Morgan fingerprint density at radius 3 is 2.71 bits per heavy atom. The van der Waals surface area contributed by atoms with Gasteiger partial charge in [-0.05, 0) is 26.0 Å². The van der Waals surface area contributed by atoms with Crippen molar-refractivity contribution >= 4 is 11.8 Å². The van der Waals surface area contributed by atoms with E-state index in [-0.39, 0.29) is 0 Å². The molecular weight excluding hydrogens is 230 g/mol. The van der Waals surface area contributed by atoms with Gasteiger partial charge in [0.05, 0.1) is 6.20 Å². The van der Waals surface area contributed by atoms with Gasteiger partial charge in [0, 0.05) is 36.1 Å². The van der Waals surface area contributed by atoms with E-state index in [1.807, 2.05) is 29.7 Å². The van der Waals surface area contributed by atoms with Gasteiger partial charge in [-0.25, -0.2) is 0 Å². The topological polar surface area (TPSA) is 29.9 Å². The molecule has 1 N–H and O–H groups in total. The highest BCUT2D eigenvalue weighted by Crippen LogP contribution is 2.39. The molecule has 1 aliphatic rings. The maximum absolute atomic E-state index is 4.28. The molecular formula is C13H23N3S. The number of nitrogens with zero attached hydrogens (tertiary/aromatic N) is 2. The van der Waals surface area contributed by atoms with Crippen molar-refractivity contribution in [3.63, 3.8) is 0 Å². The summed E-state index contributed by atoms with van der Waals surface area (Å²) in [5.74, 6) is 0. The van der Waals surface area contributed by atoms with Crippen LogP contribution in [0.3, 0.4) is 0 Å². The highest BCUT2D eigenvalue weighted by atomic mass is 32.2. The third-order valence-corrected chi connectivity index (χ3v) is 5.47. The second-order valence-electron chi connectivity index (χ2n) is 5.08. The molecule has 0 aliphatic heterocycles. The monoisotopic (exact) mass is 253 g/mol. The quantitative estimate of drug-likeness (QED) is 0.874. The van der Waals surface area contributed by atoms with Gasteiger partial charge in [0.1, 0.15) is 0 Å². The molecule has 0 spiro atoms. The van der Waals surface area contributed by atoms with Gasteiger partial charge in [-0.1, -0.05) is 12.8 Å². The Kier molecular flexibility index (Phi) is 4.15. The molecule has 1 saturated carbocycles. The molecule has 0 radical (unpaired) electrons. The molecule has 0 unspecified atom stereocenters. The van der Waals surface area contributed by atoms with E-state index in [2.05, 4.69) is 23.6 Å². The molecule has 2 rings (SSSR count). The van der Waals surface area contributed by atoms with Gasteiger partial charge in [0.2, 0.25) is 0 Å². The van der Waals surface area contributed by atoms with Gasteiger partial charge in [0.25, 0.3) is 0 Å². The average molecular weight is 253 g/mol. The van der Waals surface area contributed by atoms with E-state index in [4.69, 9.17) is 0 Å². The molecule has 1 aromatic heterocycles. The van der Waals surface area contributed by atoms with Crippen LogP contribution in [-0.2, 0) is 13.6 Å². The van der Waals surface area contributed by atoms with Crippen LogP contribution in [0, 0.1) is 6.92 Å². The zero-order valence-electron chi connectivity index (χ0n) is 11.1. The van der Waals surface area contributed by atoms with Crippen molar-refractivity contribution in [3.05, 3.63) is 17.5 Å². The standard InChI is InChI=1S/C13H23N3S/c1-11-12(9-15-16(11)2)8-14-10-13(17-3)6-4-5-7-13/h9,14H,4-8,10H2,1-3H3. The fraction of sp³-hybridized carbons (Fsp3) is 0.769. The van der Waals surface area contributed by atoms with Crippen LogP contribution in [0.2, 0.25) is 0 Å². The van der Waals surface area contributed by atoms with Crippen molar-refractivity contribution in [2.24, 2.45) is 7.05 Å². The maximum Gasteiger partial charge on any atom is 0.0537 e. The SMILES string of the molecule is CSC1(CNCc2cnn(C)c2C)CCCC1. The molecule has 0 atom stereocenters. The summed E-state index contributed by atoms with van der Waals surface area (Å²) in [5, 5.41) is 7.89. The van der Waals surface area contributed by atoms with Crippen LogP contribution < -0.4 is 5.32 Å². The lowest BCUT2D eigenvalue weighted by molar-refractivity contribution is 0.533. The van der Waals surface area contributed by atoms with Gasteiger partial charge < -0.3 is 5.32 Å². The lowest BCUT2D eigenvalue weighted by Crippen LogP contribution is -2.34. The smallest absolute Gasteiger partial charge is 0.0537 e. The Bertz CT molecular complexity index is 367. The van der Waals surface area contributed by atoms with Crippen molar-refractivity contribution < 1.29 is 0 Å². The number of aryl methyl sites for hydroxylation is 1. The second-order valence-corrected chi connectivity index (χ2v) is 6.35. The number of thioether (sulfide) groups is 1. The summed E-state index contributed by atoms with van der Waals surface area (Å²) >= 11 is 2.04. The normalized spacial score (nSPS) is 18.8. The molecule has 1 heterocycles. The third-order valence-electron chi connectivity index (χ3n) is 4.05. The van der Waals surface area contributed by atoms with Gasteiger partial charge in [-0.2, -0.15) is 16.9 Å². The lowest BCUT2D eigenvalue weighted by atomic mass is 10.1. The van der Waals surface area contributed by atoms with Gasteiger partial charge >= 0.3 is 0 Å². The lowest BCUT2D eigenvalue weighted by Gasteiger charge is -2.27. The summed E-state index contributed by atoms with van der Waals surface area (Å²) in [7, 11) is 2.00. The fourth-order valence-corrected chi connectivity index (χ4v) is 3.56. The second kappa shape index (κ2) is 5.44. The maximum atomic E-state index is 4.28. The number of hydrogen-bond acceptors (Lipinski definition) is 3. The molecule has 0 saturated heterocycles. The van der Waals surface area contributed by atoms with Crippen LogP contribution in [0.5, 0.6) is 0 Å². The Morgan fingerprint density at radius 2 is 2.18 bits per heavy atom. The average Bonchev–Trinajstić information content (AvgIpc) is 2.92. The first kappa shape index (κ1) is 13.0. The minimum atomic E-state index is 0.496. The van der Waals surface area contributed by atoms with Crippen molar-refractivity contribution in [2.75, 3.05) is 12.8 Å². The van der Waals surface area contributed by atoms with Gasteiger partial charge in [-0.3, -0.25) is 4.68 Å². The van der Waals surface area contributed by atoms with Crippen molar-refractivity contribution in [1.82, 2.24) is 15.1 Å². The minimum absolute atomic E-state index is 0.496. The largest absolute Gasteiger partial charge is 0.311 e. The van der Waals surface area contributed by atoms with E-state index < -0.39 is 0 Å². The molecule has 0 bridgehead atoms. The summed E-state index contributed by atoms with van der Waals surface area (Å²) < 4.78 is 2.44. The van der Waals surface area contributed by atoms with Crippen LogP contribution in [0.4, 0.5) is 0 Å². The Labute approximate surface area is 108 Å². The van der Waals surface area contributed by atoms with E-state index in [0.29, 0.717) is 4.75 Å². The molecule has 3 nitrogen and oxygen atoms in total. The predicted molar refractivity (Wildman–Crippen MR) is 74.4 cm³/mol. The highest BCUT2D eigenvalue weighted by Gasteiger charge is 2.32. The van der Waals surface area contributed by atoms with Crippen molar-refractivity contribution in [3.8, 4) is 0 Å².